The molecule has 1 aliphatic carbocycles. The molecular formula is C17H23N3O. The van der Waals surface area contributed by atoms with Crippen LogP contribution in [0.5, 0.6) is 0 Å². The summed E-state index contributed by atoms with van der Waals surface area (Å²) in [7, 11) is 1.95. The second-order valence-corrected chi connectivity index (χ2v) is 6.01. The van der Waals surface area contributed by atoms with E-state index in [0.717, 1.165) is 23.9 Å². The second kappa shape index (κ2) is 6.29. The Morgan fingerprint density at radius 1 is 1.14 bits per heavy atom. The van der Waals surface area contributed by atoms with Gasteiger partial charge in [-0.3, -0.25) is 10.1 Å². The van der Waals surface area contributed by atoms with E-state index in [1.807, 2.05) is 35.9 Å². The Labute approximate surface area is 125 Å². The standard InChI is InChI=1S/C17H23N3O/c1-20-15-12-8-7-11-14(15)18-17(20)19-16(21)13-9-5-3-2-4-6-10-13/h7-8,11-13H,2-6,9-10H2,1H3,(H,18,19,21). The zero-order valence-electron chi connectivity index (χ0n) is 12.6. The van der Waals surface area contributed by atoms with Gasteiger partial charge in [-0.15, -0.1) is 0 Å². The Bertz CT molecular complexity index is 624. The van der Waals surface area contributed by atoms with Gasteiger partial charge in [-0.05, 0) is 25.0 Å². The minimum Gasteiger partial charge on any atom is -0.313 e. The van der Waals surface area contributed by atoms with Gasteiger partial charge < -0.3 is 4.57 Å². The average Bonchev–Trinajstić information content (AvgIpc) is 2.75. The molecule has 4 nitrogen and oxygen atoms in total. The number of carbonyl (C=O) groups excluding carboxylic acids is 1. The average molecular weight is 285 g/mol. The van der Waals surface area contributed by atoms with Gasteiger partial charge in [0.25, 0.3) is 0 Å². The summed E-state index contributed by atoms with van der Waals surface area (Å²) in [4.78, 5) is 17.0. The van der Waals surface area contributed by atoms with E-state index in [4.69, 9.17) is 0 Å². The molecule has 1 saturated carbocycles. The number of aromatic nitrogens is 2. The van der Waals surface area contributed by atoms with Gasteiger partial charge in [0.1, 0.15) is 0 Å². The van der Waals surface area contributed by atoms with Crippen molar-refractivity contribution in [3.05, 3.63) is 24.3 Å². The van der Waals surface area contributed by atoms with Crippen LogP contribution in [0.15, 0.2) is 24.3 Å². The number of benzene rings is 1. The first kappa shape index (κ1) is 14.1. The molecule has 4 heteroatoms. The number of nitrogens with zero attached hydrogens (tertiary/aromatic N) is 2. The lowest BCUT2D eigenvalue weighted by atomic mass is 9.90. The fourth-order valence-corrected chi connectivity index (χ4v) is 3.19. The molecule has 0 aliphatic heterocycles. The van der Waals surface area contributed by atoms with Crippen molar-refractivity contribution in [1.82, 2.24) is 9.55 Å². The predicted molar refractivity (Wildman–Crippen MR) is 85.2 cm³/mol. The zero-order valence-corrected chi connectivity index (χ0v) is 12.6. The number of hydrogen-bond acceptors (Lipinski definition) is 2. The largest absolute Gasteiger partial charge is 0.313 e. The molecular weight excluding hydrogens is 262 g/mol. The van der Waals surface area contributed by atoms with Crippen LogP contribution >= 0.6 is 0 Å². The lowest BCUT2D eigenvalue weighted by molar-refractivity contribution is -0.120. The SMILES string of the molecule is Cn1c(NC(=O)C2CCCCCCC2)nc2ccccc21. The van der Waals surface area contributed by atoms with Gasteiger partial charge in [0.05, 0.1) is 11.0 Å². The molecule has 21 heavy (non-hydrogen) atoms. The highest BCUT2D eigenvalue weighted by Gasteiger charge is 2.21. The molecule has 0 unspecified atom stereocenters. The summed E-state index contributed by atoms with van der Waals surface area (Å²) in [5, 5.41) is 3.03. The molecule has 0 saturated heterocycles. The molecule has 3 rings (SSSR count). The van der Waals surface area contributed by atoms with Crippen LogP contribution < -0.4 is 5.32 Å². The number of anilines is 1. The van der Waals surface area contributed by atoms with E-state index in [2.05, 4.69) is 10.3 Å². The van der Waals surface area contributed by atoms with E-state index in [-0.39, 0.29) is 11.8 Å². The summed E-state index contributed by atoms with van der Waals surface area (Å²) in [6, 6.07) is 7.95. The van der Waals surface area contributed by atoms with Gasteiger partial charge in [-0.2, -0.15) is 0 Å². The van der Waals surface area contributed by atoms with Crippen molar-refractivity contribution in [1.29, 1.82) is 0 Å². The summed E-state index contributed by atoms with van der Waals surface area (Å²) in [6.07, 6.45) is 8.19. The minimum absolute atomic E-state index is 0.135. The molecule has 2 aromatic rings. The number of imidazole rings is 1. The Balaban J connectivity index is 1.74. The number of rotatable bonds is 2. The van der Waals surface area contributed by atoms with Crippen molar-refractivity contribution in [3.63, 3.8) is 0 Å². The molecule has 0 spiro atoms. The smallest absolute Gasteiger partial charge is 0.229 e. The maximum Gasteiger partial charge on any atom is 0.229 e. The third kappa shape index (κ3) is 3.09. The van der Waals surface area contributed by atoms with E-state index in [0.29, 0.717) is 5.95 Å². The maximum atomic E-state index is 12.5. The number of nitrogens with one attached hydrogen (secondary N) is 1. The monoisotopic (exact) mass is 285 g/mol. The van der Waals surface area contributed by atoms with Crippen molar-refractivity contribution < 1.29 is 4.79 Å². The quantitative estimate of drug-likeness (QED) is 0.910. The highest BCUT2D eigenvalue weighted by molar-refractivity contribution is 5.93. The normalized spacial score (nSPS) is 17.4. The first-order valence-electron chi connectivity index (χ1n) is 7.98. The van der Waals surface area contributed by atoms with Crippen LogP contribution in [0.25, 0.3) is 11.0 Å². The first-order chi connectivity index (χ1) is 10.3. The van der Waals surface area contributed by atoms with Crippen LogP contribution in [-0.2, 0) is 11.8 Å². The van der Waals surface area contributed by atoms with E-state index in [1.165, 1.54) is 32.1 Å². The van der Waals surface area contributed by atoms with Gasteiger partial charge in [-0.25, -0.2) is 4.98 Å². The molecule has 1 aliphatic rings. The fraction of sp³-hybridized carbons (Fsp3) is 0.529. The summed E-state index contributed by atoms with van der Waals surface area (Å²) >= 11 is 0. The molecule has 112 valence electrons. The molecule has 1 fully saturated rings. The number of carbonyl (C=O) groups is 1. The van der Waals surface area contributed by atoms with Crippen LogP contribution in [0.3, 0.4) is 0 Å². The van der Waals surface area contributed by atoms with E-state index in [9.17, 15) is 4.79 Å². The summed E-state index contributed by atoms with van der Waals surface area (Å²) < 4.78 is 1.95. The number of amides is 1. The van der Waals surface area contributed by atoms with Crippen molar-refractivity contribution in [2.45, 2.75) is 44.9 Å². The van der Waals surface area contributed by atoms with Crippen LogP contribution in [-0.4, -0.2) is 15.5 Å². The first-order valence-corrected chi connectivity index (χ1v) is 7.98. The second-order valence-electron chi connectivity index (χ2n) is 6.01. The van der Waals surface area contributed by atoms with E-state index in [1.54, 1.807) is 0 Å². The zero-order chi connectivity index (χ0) is 14.7. The third-order valence-corrected chi connectivity index (χ3v) is 4.50. The van der Waals surface area contributed by atoms with Crippen LogP contribution in [0, 0.1) is 5.92 Å². The van der Waals surface area contributed by atoms with Crippen LogP contribution in [0.2, 0.25) is 0 Å². The number of fused-ring (bicyclic) bond motifs is 1. The van der Waals surface area contributed by atoms with Gasteiger partial charge in [0.15, 0.2) is 0 Å². The molecule has 1 heterocycles. The van der Waals surface area contributed by atoms with Gasteiger partial charge >= 0.3 is 0 Å². The summed E-state index contributed by atoms with van der Waals surface area (Å²) in [5.74, 6) is 0.934. The predicted octanol–water partition coefficient (Wildman–Crippen LogP) is 3.87. The minimum atomic E-state index is 0.135. The highest BCUT2D eigenvalue weighted by atomic mass is 16.2. The number of hydrogen-bond donors (Lipinski definition) is 1. The van der Waals surface area contributed by atoms with E-state index >= 15 is 0 Å². The van der Waals surface area contributed by atoms with Crippen molar-refractivity contribution >= 4 is 22.9 Å². The molecule has 1 N–H and O–H groups in total. The molecule has 0 bridgehead atoms. The number of aryl methyl sites for hydroxylation is 1. The summed E-state index contributed by atoms with van der Waals surface area (Å²) in [5.41, 5.74) is 1.97. The Morgan fingerprint density at radius 2 is 1.81 bits per heavy atom. The molecule has 1 aromatic heterocycles. The Kier molecular flexibility index (Phi) is 4.23. The molecule has 0 atom stereocenters. The van der Waals surface area contributed by atoms with Crippen LogP contribution in [0.1, 0.15) is 44.9 Å². The third-order valence-electron chi connectivity index (χ3n) is 4.50. The molecule has 1 aromatic carbocycles. The van der Waals surface area contributed by atoms with Gasteiger partial charge in [0.2, 0.25) is 11.9 Å². The number of para-hydroxylation sites is 2. The van der Waals surface area contributed by atoms with Gasteiger partial charge in [-0.1, -0.05) is 44.2 Å². The van der Waals surface area contributed by atoms with Gasteiger partial charge in [0, 0.05) is 13.0 Å². The van der Waals surface area contributed by atoms with E-state index < -0.39 is 0 Å². The highest BCUT2D eigenvalue weighted by Crippen LogP contribution is 2.24. The Morgan fingerprint density at radius 3 is 2.52 bits per heavy atom. The lowest BCUT2D eigenvalue weighted by Gasteiger charge is -2.18. The maximum absolute atomic E-state index is 12.5. The van der Waals surface area contributed by atoms with Crippen molar-refractivity contribution in [2.24, 2.45) is 13.0 Å². The van der Waals surface area contributed by atoms with Crippen LogP contribution in [0.4, 0.5) is 5.95 Å². The molecule has 0 radical (unpaired) electrons. The molecule has 1 amide bonds. The topological polar surface area (TPSA) is 46.9 Å². The summed E-state index contributed by atoms with van der Waals surface area (Å²) in [6.45, 7) is 0. The van der Waals surface area contributed by atoms with Crippen molar-refractivity contribution in [3.8, 4) is 0 Å². The lowest BCUT2D eigenvalue weighted by Crippen LogP contribution is -2.25. The van der Waals surface area contributed by atoms with Crippen molar-refractivity contribution in [2.75, 3.05) is 5.32 Å². The Hall–Kier alpha value is -1.84. The fourth-order valence-electron chi connectivity index (χ4n) is 3.19.